The predicted octanol–water partition coefficient (Wildman–Crippen LogP) is 3.89. The van der Waals surface area contributed by atoms with Crippen LogP contribution in [0.2, 0.25) is 0 Å². The molecule has 0 bridgehead atoms. The van der Waals surface area contributed by atoms with Crippen LogP contribution in [0.3, 0.4) is 0 Å². The second kappa shape index (κ2) is 7.13. The second-order valence-corrected chi connectivity index (χ2v) is 7.25. The largest absolute Gasteiger partial charge is 0.421 e. The highest BCUT2D eigenvalue weighted by Gasteiger charge is 2.17. The number of hydrogen-bond acceptors (Lipinski definition) is 5. The standard InChI is InChI=1S/C23H19N3O3/c27-22-17-11-10-16(14-18(17)25-20-9-2-1-3-13-26(20)22)23(28)29-19-8-4-6-15-7-5-12-24-21(15)19/h4-8,10-12,14H,1-3,9,13H2. The quantitative estimate of drug-likeness (QED) is 0.387. The van der Waals surface area contributed by atoms with Gasteiger partial charge in [0.1, 0.15) is 11.3 Å². The molecule has 0 spiro atoms. The Bertz CT molecular complexity index is 1300. The van der Waals surface area contributed by atoms with Crippen LogP contribution in [0.1, 0.15) is 35.4 Å². The summed E-state index contributed by atoms with van der Waals surface area (Å²) < 4.78 is 7.39. The van der Waals surface area contributed by atoms with Gasteiger partial charge in [0.2, 0.25) is 0 Å². The van der Waals surface area contributed by atoms with Gasteiger partial charge in [-0.25, -0.2) is 9.78 Å². The van der Waals surface area contributed by atoms with Gasteiger partial charge in [0.15, 0.2) is 5.75 Å². The van der Waals surface area contributed by atoms with Gasteiger partial charge in [0.05, 0.1) is 16.5 Å². The Kier molecular flexibility index (Phi) is 4.31. The van der Waals surface area contributed by atoms with Crippen LogP contribution in [-0.2, 0) is 13.0 Å². The number of aryl methyl sites for hydroxylation is 1. The minimum absolute atomic E-state index is 0.0370. The Morgan fingerprint density at radius 2 is 1.93 bits per heavy atom. The van der Waals surface area contributed by atoms with Crippen molar-refractivity contribution in [3.63, 3.8) is 0 Å². The molecule has 0 saturated carbocycles. The maximum Gasteiger partial charge on any atom is 0.343 e. The van der Waals surface area contributed by atoms with Gasteiger partial charge in [0, 0.05) is 24.5 Å². The number of carbonyl (C=O) groups excluding carboxylic acids is 1. The molecule has 29 heavy (non-hydrogen) atoms. The zero-order valence-corrected chi connectivity index (χ0v) is 15.8. The molecule has 0 atom stereocenters. The molecule has 0 radical (unpaired) electrons. The highest BCUT2D eigenvalue weighted by molar-refractivity contribution is 5.97. The fraction of sp³-hybridized carbons (Fsp3) is 0.217. The lowest BCUT2D eigenvalue weighted by atomic mass is 10.1. The lowest BCUT2D eigenvalue weighted by Gasteiger charge is -2.11. The molecule has 1 aliphatic heterocycles. The Labute approximate surface area is 166 Å². The van der Waals surface area contributed by atoms with Crippen molar-refractivity contribution in [1.82, 2.24) is 14.5 Å². The summed E-state index contributed by atoms with van der Waals surface area (Å²) in [5.41, 5.74) is 1.49. The Balaban J connectivity index is 1.53. The summed E-state index contributed by atoms with van der Waals surface area (Å²) in [4.78, 5) is 34.6. The maximum absolute atomic E-state index is 12.8. The van der Waals surface area contributed by atoms with Crippen LogP contribution in [0.15, 0.2) is 59.5 Å². The first-order valence-corrected chi connectivity index (χ1v) is 9.80. The molecular formula is C23H19N3O3. The zero-order valence-electron chi connectivity index (χ0n) is 15.8. The molecule has 2 aromatic heterocycles. The second-order valence-electron chi connectivity index (χ2n) is 7.25. The Morgan fingerprint density at radius 1 is 1.03 bits per heavy atom. The van der Waals surface area contributed by atoms with Gasteiger partial charge in [-0.2, -0.15) is 0 Å². The molecule has 2 aromatic carbocycles. The van der Waals surface area contributed by atoms with E-state index in [1.165, 1.54) is 0 Å². The minimum atomic E-state index is -0.498. The van der Waals surface area contributed by atoms with Crippen LogP contribution in [0, 0.1) is 0 Å². The molecule has 4 aromatic rings. The third kappa shape index (κ3) is 3.16. The molecule has 0 unspecified atom stereocenters. The Hall–Kier alpha value is -3.54. The average molecular weight is 385 g/mol. The predicted molar refractivity (Wildman–Crippen MR) is 110 cm³/mol. The maximum atomic E-state index is 12.8. The summed E-state index contributed by atoms with van der Waals surface area (Å²) >= 11 is 0. The van der Waals surface area contributed by atoms with E-state index in [0.29, 0.717) is 34.3 Å². The topological polar surface area (TPSA) is 74.1 Å². The molecule has 0 aliphatic carbocycles. The van der Waals surface area contributed by atoms with Crippen molar-refractivity contribution >= 4 is 27.8 Å². The number of para-hydroxylation sites is 1. The number of nitrogens with zero attached hydrogens (tertiary/aromatic N) is 3. The van der Waals surface area contributed by atoms with Crippen molar-refractivity contribution in [1.29, 1.82) is 0 Å². The first-order chi connectivity index (χ1) is 14.2. The lowest BCUT2D eigenvalue weighted by Crippen LogP contribution is -2.24. The highest BCUT2D eigenvalue weighted by Crippen LogP contribution is 2.24. The lowest BCUT2D eigenvalue weighted by molar-refractivity contribution is 0.0737. The summed E-state index contributed by atoms with van der Waals surface area (Å²) in [5.74, 6) is 0.703. The van der Waals surface area contributed by atoms with Crippen molar-refractivity contribution < 1.29 is 9.53 Å². The van der Waals surface area contributed by atoms with Gasteiger partial charge < -0.3 is 4.74 Å². The van der Waals surface area contributed by atoms with E-state index in [-0.39, 0.29) is 5.56 Å². The molecule has 0 saturated heterocycles. The summed E-state index contributed by atoms with van der Waals surface area (Å²) in [6, 6.07) is 14.1. The summed E-state index contributed by atoms with van der Waals surface area (Å²) in [5, 5.41) is 1.42. The van der Waals surface area contributed by atoms with Gasteiger partial charge in [-0.1, -0.05) is 24.6 Å². The third-order valence-corrected chi connectivity index (χ3v) is 5.35. The number of ether oxygens (including phenoxy) is 1. The van der Waals surface area contributed by atoms with Crippen LogP contribution >= 0.6 is 0 Å². The molecule has 0 fully saturated rings. The fourth-order valence-corrected chi connectivity index (χ4v) is 3.86. The molecule has 144 valence electrons. The monoisotopic (exact) mass is 385 g/mol. The number of esters is 1. The van der Waals surface area contributed by atoms with Gasteiger partial charge in [-0.15, -0.1) is 0 Å². The molecule has 5 rings (SSSR count). The van der Waals surface area contributed by atoms with Crippen molar-refractivity contribution in [3.8, 4) is 5.75 Å². The number of aromatic nitrogens is 3. The first kappa shape index (κ1) is 17.6. The smallest absolute Gasteiger partial charge is 0.343 e. The van der Waals surface area contributed by atoms with Gasteiger partial charge >= 0.3 is 5.97 Å². The van der Waals surface area contributed by atoms with E-state index in [2.05, 4.69) is 9.97 Å². The summed E-state index contributed by atoms with van der Waals surface area (Å²) in [7, 11) is 0. The molecule has 0 N–H and O–H groups in total. The van der Waals surface area contributed by atoms with Gasteiger partial charge in [-0.05, 0) is 43.2 Å². The van der Waals surface area contributed by atoms with Crippen LogP contribution in [0.4, 0.5) is 0 Å². The van der Waals surface area contributed by atoms with Crippen molar-refractivity contribution in [2.75, 3.05) is 0 Å². The van der Waals surface area contributed by atoms with Gasteiger partial charge in [0.25, 0.3) is 5.56 Å². The molecule has 1 aliphatic rings. The van der Waals surface area contributed by atoms with Crippen molar-refractivity contribution in [2.45, 2.75) is 32.2 Å². The van der Waals surface area contributed by atoms with Crippen LogP contribution in [-0.4, -0.2) is 20.5 Å². The third-order valence-electron chi connectivity index (χ3n) is 5.35. The number of rotatable bonds is 2. The molecule has 3 heterocycles. The van der Waals surface area contributed by atoms with E-state index in [4.69, 9.17) is 4.74 Å². The van der Waals surface area contributed by atoms with E-state index < -0.39 is 5.97 Å². The number of pyridine rings is 1. The van der Waals surface area contributed by atoms with Crippen LogP contribution in [0.25, 0.3) is 21.8 Å². The molecule has 6 heteroatoms. The number of hydrogen-bond donors (Lipinski definition) is 0. The number of carbonyl (C=O) groups is 1. The van der Waals surface area contributed by atoms with Crippen molar-refractivity contribution in [3.05, 3.63) is 76.5 Å². The molecule has 6 nitrogen and oxygen atoms in total. The fourth-order valence-electron chi connectivity index (χ4n) is 3.86. The molecule has 0 amide bonds. The minimum Gasteiger partial charge on any atom is -0.421 e. The number of fused-ring (bicyclic) bond motifs is 3. The zero-order chi connectivity index (χ0) is 19.8. The van der Waals surface area contributed by atoms with E-state index in [0.717, 1.165) is 36.9 Å². The summed E-state index contributed by atoms with van der Waals surface area (Å²) in [6.07, 6.45) is 5.55. The first-order valence-electron chi connectivity index (χ1n) is 9.80. The van der Waals surface area contributed by atoms with E-state index in [1.54, 1.807) is 35.0 Å². The Morgan fingerprint density at radius 3 is 2.86 bits per heavy atom. The van der Waals surface area contributed by atoms with Gasteiger partial charge in [-0.3, -0.25) is 14.3 Å². The van der Waals surface area contributed by atoms with E-state index >= 15 is 0 Å². The normalized spacial score (nSPS) is 13.8. The van der Waals surface area contributed by atoms with Crippen molar-refractivity contribution in [2.24, 2.45) is 0 Å². The highest BCUT2D eigenvalue weighted by atomic mass is 16.5. The van der Waals surface area contributed by atoms with Crippen LogP contribution < -0.4 is 10.3 Å². The van der Waals surface area contributed by atoms with E-state index in [9.17, 15) is 9.59 Å². The number of benzene rings is 2. The van der Waals surface area contributed by atoms with E-state index in [1.807, 2.05) is 24.3 Å². The molecular weight excluding hydrogens is 366 g/mol. The average Bonchev–Trinajstić information content (AvgIpc) is 2.99. The van der Waals surface area contributed by atoms with Crippen LogP contribution in [0.5, 0.6) is 5.75 Å². The SMILES string of the molecule is O=C(Oc1cccc2cccnc12)c1ccc2c(=O)n3c(nc2c1)CCCCC3. The summed E-state index contributed by atoms with van der Waals surface area (Å²) in [6.45, 7) is 0.703.